The van der Waals surface area contributed by atoms with Crippen molar-refractivity contribution in [1.82, 2.24) is 19.8 Å². The monoisotopic (exact) mass is 404 g/mol. The Hall–Kier alpha value is -2.70. The molecule has 2 saturated heterocycles. The maximum Gasteiger partial charge on any atom is 0.220 e. The molecular weight excluding hydrogens is 376 g/mol. The summed E-state index contributed by atoms with van der Waals surface area (Å²) in [4.78, 5) is 24.9. The van der Waals surface area contributed by atoms with Crippen LogP contribution < -0.4 is 0 Å². The van der Waals surface area contributed by atoms with E-state index in [9.17, 15) is 4.79 Å². The highest BCUT2D eigenvalue weighted by Crippen LogP contribution is 2.28. The standard InChI is InChI=1S/C24H28N4O2/c1-17(29)28-10-9-27(14-18-8-11-30-16-18)15-23(28)24-25-13-22(26-24)21-7-6-19-4-2-3-5-20(19)12-21/h2-7,12-13,18,23H,8-11,14-16H2,1H3,(H,25,26). The van der Waals surface area contributed by atoms with Crippen LogP contribution in [-0.2, 0) is 9.53 Å². The van der Waals surface area contributed by atoms with Crippen LogP contribution in [0.25, 0.3) is 22.0 Å². The van der Waals surface area contributed by atoms with E-state index in [2.05, 4.69) is 52.3 Å². The van der Waals surface area contributed by atoms with Crippen molar-refractivity contribution in [3.05, 3.63) is 54.5 Å². The van der Waals surface area contributed by atoms with Crippen LogP contribution in [0.3, 0.4) is 0 Å². The highest BCUT2D eigenvalue weighted by atomic mass is 16.5. The number of aromatic nitrogens is 2. The molecule has 156 valence electrons. The first-order valence-corrected chi connectivity index (χ1v) is 10.8. The smallest absolute Gasteiger partial charge is 0.220 e. The lowest BCUT2D eigenvalue weighted by Crippen LogP contribution is -2.51. The summed E-state index contributed by atoms with van der Waals surface area (Å²) < 4.78 is 5.54. The number of hydrogen-bond donors (Lipinski definition) is 1. The van der Waals surface area contributed by atoms with Gasteiger partial charge in [0.25, 0.3) is 0 Å². The Morgan fingerprint density at radius 1 is 1.20 bits per heavy atom. The Bertz CT molecular complexity index is 1040. The molecule has 0 bridgehead atoms. The minimum Gasteiger partial charge on any atom is -0.381 e. The first-order valence-electron chi connectivity index (χ1n) is 10.8. The fourth-order valence-electron chi connectivity index (χ4n) is 4.72. The van der Waals surface area contributed by atoms with Crippen LogP contribution in [-0.4, -0.2) is 65.1 Å². The lowest BCUT2D eigenvalue weighted by Gasteiger charge is -2.40. The highest BCUT2D eigenvalue weighted by molar-refractivity contribution is 5.86. The Labute approximate surface area is 176 Å². The number of hydrogen-bond acceptors (Lipinski definition) is 4. The second-order valence-corrected chi connectivity index (χ2v) is 8.46. The van der Waals surface area contributed by atoms with E-state index in [-0.39, 0.29) is 11.9 Å². The van der Waals surface area contributed by atoms with Crippen molar-refractivity contribution in [2.45, 2.75) is 19.4 Å². The van der Waals surface area contributed by atoms with E-state index < -0.39 is 0 Å². The third-order valence-corrected chi connectivity index (χ3v) is 6.38. The van der Waals surface area contributed by atoms with Gasteiger partial charge in [0.2, 0.25) is 5.91 Å². The van der Waals surface area contributed by atoms with Crippen LogP contribution in [0.15, 0.2) is 48.7 Å². The average Bonchev–Trinajstić information content (AvgIpc) is 3.45. The zero-order chi connectivity index (χ0) is 20.5. The van der Waals surface area contributed by atoms with Gasteiger partial charge in [0, 0.05) is 45.3 Å². The summed E-state index contributed by atoms with van der Waals surface area (Å²) in [5.41, 5.74) is 2.10. The molecule has 0 radical (unpaired) electrons. The van der Waals surface area contributed by atoms with Crippen LogP contribution in [0.4, 0.5) is 0 Å². The number of nitrogens with one attached hydrogen (secondary N) is 1. The maximum absolute atomic E-state index is 12.3. The molecule has 6 nitrogen and oxygen atoms in total. The molecule has 1 amide bonds. The van der Waals surface area contributed by atoms with Crippen LogP contribution in [0.2, 0.25) is 0 Å². The van der Waals surface area contributed by atoms with Gasteiger partial charge in [-0.15, -0.1) is 0 Å². The molecule has 2 aliphatic heterocycles. The second-order valence-electron chi connectivity index (χ2n) is 8.46. The topological polar surface area (TPSA) is 61.5 Å². The summed E-state index contributed by atoms with van der Waals surface area (Å²) in [7, 11) is 0. The predicted octanol–water partition coefficient (Wildman–Crippen LogP) is 3.47. The van der Waals surface area contributed by atoms with Crippen molar-refractivity contribution in [2.75, 3.05) is 39.4 Å². The molecule has 3 heterocycles. The quantitative estimate of drug-likeness (QED) is 0.723. The first kappa shape index (κ1) is 19.3. The largest absolute Gasteiger partial charge is 0.381 e. The molecule has 0 saturated carbocycles. The van der Waals surface area contributed by atoms with Gasteiger partial charge in [-0.2, -0.15) is 0 Å². The lowest BCUT2D eigenvalue weighted by molar-refractivity contribution is -0.134. The van der Waals surface area contributed by atoms with Gasteiger partial charge in [-0.1, -0.05) is 36.4 Å². The lowest BCUT2D eigenvalue weighted by atomic mass is 10.1. The van der Waals surface area contributed by atoms with Crippen molar-refractivity contribution < 1.29 is 9.53 Å². The normalized spacial score (nSPS) is 22.6. The maximum atomic E-state index is 12.3. The number of nitrogens with zero attached hydrogens (tertiary/aromatic N) is 3. The number of imidazole rings is 1. The number of piperazine rings is 1. The summed E-state index contributed by atoms with van der Waals surface area (Å²) in [6.45, 7) is 6.85. The fourth-order valence-corrected chi connectivity index (χ4v) is 4.72. The summed E-state index contributed by atoms with van der Waals surface area (Å²) in [6, 6.07) is 14.7. The zero-order valence-electron chi connectivity index (χ0n) is 17.4. The third kappa shape index (κ3) is 3.85. The van der Waals surface area contributed by atoms with Crippen LogP contribution in [0.1, 0.15) is 25.2 Å². The van der Waals surface area contributed by atoms with Gasteiger partial charge in [0.1, 0.15) is 11.9 Å². The summed E-state index contributed by atoms with van der Waals surface area (Å²) >= 11 is 0. The Morgan fingerprint density at radius 2 is 2.07 bits per heavy atom. The molecule has 5 rings (SSSR count). The van der Waals surface area contributed by atoms with Crippen LogP contribution in [0.5, 0.6) is 0 Å². The van der Waals surface area contributed by atoms with Crippen molar-refractivity contribution in [3.8, 4) is 11.3 Å². The molecule has 2 fully saturated rings. The molecule has 3 aromatic rings. The van der Waals surface area contributed by atoms with Gasteiger partial charge >= 0.3 is 0 Å². The summed E-state index contributed by atoms with van der Waals surface area (Å²) in [6.07, 6.45) is 3.02. The molecule has 30 heavy (non-hydrogen) atoms. The zero-order valence-corrected chi connectivity index (χ0v) is 17.4. The number of H-pyrrole nitrogens is 1. The molecule has 0 spiro atoms. The molecular formula is C24H28N4O2. The number of benzene rings is 2. The minimum absolute atomic E-state index is 0.0484. The van der Waals surface area contributed by atoms with E-state index in [0.29, 0.717) is 5.92 Å². The average molecular weight is 405 g/mol. The Kier molecular flexibility index (Phi) is 5.27. The number of carbonyl (C=O) groups is 1. The molecule has 2 aliphatic rings. The van der Waals surface area contributed by atoms with Gasteiger partial charge in [0.15, 0.2) is 0 Å². The van der Waals surface area contributed by atoms with Crippen LogP contribution >= 0.6 is 0 Å². The molecule has 1 N–H and O–H groups in total. The third-order valence-electron chi connectivity index (χ3n) is 6.38. The number of fused-ring (bicyclic) bond motifs is 1. The van der Waals surface area contributed by atoms with Gasteiger partial charge < -0.3 is 14.6 Å². The molecule has 2 unspecified atom stereocenters. The fraction of sp³-hybridized carbons (Fsp3) is 0.417. The Morgan fingerprint density at radius 3 is 2.87 bits per heavy atom. The first-order chi connectivity index (χ1) is 14.7. The number of rotatable bonds is 4. The van der Waals surface area contributed by atoms with E-state index >= 15 is 0 Å². The molecule has 0 aliphatic carbocycles. The van der Waals surface area contributed by atoms with Gasteiger partial charge in [-0.05, 0) is 29.2 Å². The minimum atomic E-state index is -0.0484. The number of aromatic amines is 1. The van der Waals surface area contributed by atoms with E-state index in [1.807, 2.05) is 11.1 Å². The van der Waals surface area contributed by atoms with Crippen molar-refractivity contribution in [3.63, 3.8) is 0 Å². The van der Waals surface area contributed by atoms with Gasteiger partial charge in [0.05, 0.1) is 18.5 Å². The van der Waals surface area contributed by atoms with Crippen molar-refractivity contribution >= 4 is 16.7 Å². The van der Waals surface area contributed by atoms with Crippen molar-refractivity contribution in [1.29, 1.82) is 0 Å². The van der Waals surface area contributed by atoms with Gasteiger partial charge in [-0.25, -0.2) is 4.98 Å². The number of carbonyl (C=O) groups excluding carboxylic acids is 1. The van der Waals surface area contributed by atoms with Crippen LogP contribution in [0, 0.1) is 5.92 Å². The van der Waals surface area contributed by atoms with E-state index in [0.717, 1.165) is 62.9 Å². The van der Waals surface area contributed by atoms with Gasteiger partial charge in [-0.3, -0.25) is 9.69 Å². The highest BCUT2D eigenvalue weighted by Gasteiger charge is 2.33. The number of amides is 1. The van der Waals surface area contributed by atoms with E-state index in [1.54, 1.807) is 6.92 Å². The molecule has 2 atom stereocenters. The number of ether oxygens (including phenoxy) is 1. The van der Waals surface area contributed by atoms with Crippen molar-refractivity contribution in [2.24, 2.45) is 5.92 Å². The van der Waals surface area contributed by atoms with E-state index in [4.69, 9.17) is 9.72 Å². The molecule has 2 aromatic carbocycles. The van der Waals surface area contributed by atoms with E-state index in [1.165, 1.54) is 10.8 Å². The SMILES string of the molecule is CC(=O)N1CCN(CC2CCOC2)CC1c1ncc(-c2ccc3ccccc3c2)[nH]1. The summed E-state index contributed by atoms with van der Waals surface area (Å²) in [5.74, 6) is 1.56. The summed E-state index contributed by atoms with van der Waals surface area (Å²) in [5, 5.41) is 2.43. The molecule has 1 aromatic heterocycles. The predicted molar refractivity (Wildman–Crippen MR) is 117 cm³/mol. The molecule has 6 heteroatoms. The Balaban J connectivity index is 1.39. The second kappa shape index (κ2) is 8.20.